The van der Waals surface area contributed by atoms with E-state index in [2.05, 4.69) is 5.32 Å². The summed E-state index contributed by atoms with van der Waals surface area (Å²) in [5.41, 5.74) is 4.14. The Morgan fingerprint density at radius 1 is 0.970 bits per heavy atom. The van der Waals surface area contributed by atoms with Gasteiger partial charge in [-0.05, 0) is 61.4 Å². The molecule has 5 rings (SSSR count). The lowest BCUT2D eigenvalue weighted by atomic mass is 10.1. The summed E-state index contributed by atoms with van der Waals surface area (Å²) < 4.78 is 12.7. The standard InChI is InChI=1S/C25H21N3O5/c1-15-10-18(16(2)28(15)19-6-4-3-5-7-19)12-20-23(29)26-25(31)27(24(20)30)13-17-8-9-21-22(11-17)33-14-32-21/h3-12H,13-14H2,1-2H3,(H,26,29,31)/b20-12+. The summed E-state index contributed by atoms with van der Waals surface area (Å²) in [6.07, 6.45) is 1.54. The number of ether oxygens (including phenoxy) is 2. The molecular formula is C25H21N3O5. The Balaban J connectivity index is 1.46. The van der Waals surface area contributed by atoms with Crippen molar-refractivity contribution in [3.05, 3.63) is 82.7 Å². The van der Waals surface area contributed by atoms with Crippen LogP contribution in [0.25, 0.3) is 11.8 Å². The molecule has 166 valence electrons. The van der Waals surface area contributed by atoms with E-state index in [9.17, 15) is 14.4 Å². The number of nitrogens with one attached hydrogen (secondary N) is 1. The topological polar surface area (TPSA) is 89.9 Å². The van der Waals surface area contributed by atoms with Gasteiger partial charge in [0.25, 0.3) is 11.8 Å². The fourth-order valence-corrected chi connectivity index (χ4v) is 4.12. The number of imide groups is 2. The van der Waals surface area contributed by atoms with Gasteiger partial charge in [0, 0.05) is 17.1 Å². The maximum atomic E-state index is 13.2. The van der Waals surface area contributed by atoms with Crippen LogP contribution in [0, 0.1) is 13.8 Å². The van der Waals surface area contributed by atoms with E-state index in [4.69, 9.17) is 9.47 Å². The lowest BCUT2D eigenvalue weighted by molar-refractivity contribution is -0.130. The summed E-state index contributed by atoms with van der Waals surface area (Å²) in [7, 11) is 0. The Bertz CT molecular complexity index is 1320. The smallest absolute Gasteiger partial charge is 0.331 e. The van der Waals surface area contributed by atoms with Crippen LogP contribution >= 0.6 is 0 Å². The largest absolute Gasteiger partial charge is 0.454 e. The summed E-state index contributed by atoms with van der Waals surface area (Å²) in [5.74, 6) is -0.197. The van der Waals surface area contributed by atoms with Gasteiger partial charge < -0.3 is 14.0 Å². The van der Waals surface area contributed by atoms with Crippen molar-refractivity contribution in [2.75, 3.05) is 6.79 Å². The molecule has 8 heteroatoms. The number of para-hydroxylation sites is 1. The van der Waals surface area contributed by atoms with E-state index in [1.165, 1.54) is 0 Å². The molecule has 0 radical (unpaired) electrons. The molecular weight excluding hydrogens is 422 g/mol. The number of aryl methyl sites for hydroxylation is 1. The molecule has 0 saturated carbocycles. The number of rotatable bonds is 4. The average Bonchev–Trinajstić information content (AvgIpc) is 3.38. The number of amides is 4. The average molecular weight is 443 g/mol. The third-order valence-corrected chi connectivity index (χ3v) is 5.75. The number of nitrogens with zero attached hydrogens (tertiary/aromatic N) is 2. The van der Waals surface area contributed by atoms with Crippen LogP contribution in [-0.4, -0.2) is 34.1 Å². The van der Waals surface area contributed by atoms with Crippen LogP contribution < -0.4 is 14.8 Å². The van der Waals surface area contributed by atoms with E-state index in [1.54, 1.807) is 24.3 Å². The van der Waals surface area contributed by atoms with Crippen molar-refractivity contribution in [3.63, 3.8) is 0 Å². The molecule has 3 heterocycles. The number of carbonyl (C=O) groups is 3. The number of benzene rings is 2. The molecule has 33 heavy (non-hydrogen) atoms. The van der Waals surface area contributed by atoms with E-state index < -0.39 is 17.8 Å². The SMILES string of the molecule is Cc1cc(/C=C2\C(=O)NC(=O)N(Cc3ccc4c(c3)OCO4)C2=O)c(C)n1-c1ccccc1. The molecule has 0 spiro atoms. The Kier molecular flexibility index (Phi) is 4.97. The van der Waals surface area contributed by atoms with Gasteiger partial charge in [-0.15, -0.1) is 0 Å². The van der Waals surface area contributed by atoms with E-state index in [0.29, 0.717) is 17.1 Å². The Morgan fingerprint density at radius 2 is 1.73 bits per heavy atom. The minimum atomic E-state index is -0.755. The predicted octanol–water partition coefficient (Wildman–Crippen LogP) is 3.48. The van der Waals surface area contributed by atoms with Gasteiger partial charge in [-0.2, -0.15) is 0 Å². The second-order valence-electron chi connectivity index (χ2n) is 7.89. The number of fused-ring (bicyclic) bond motifs is 1. The van der Waals surface area contributed by atoms with Crippen LogP contribution in [0.1, 0.15) is 22.5 Å². The van der Waals surface area contributed by atoms with Crippen molar-refractivity contribution in [2.45, 2.75) is 20.4 Å². The van der Waals surface area contributed by atoms with Gasteiger partial charge in [-0.25, -0.2) is 4.79 Å². The lowest BCUT2D eigenvalue weighted by Gasteiger charge is -2.26. The minimum absolute atomic E-state index is 0.00500. The highest BCUT2D eigenvalue weighted by atomic mass is 16.7. The van der Waals surface area contributed by atoms with E-state index in [1.807, 2.05) is 54.8 Å². The normalized spacial score (nSPS) is 16.5. The molecule has 2 aliphatic rings. The molecule has 2 aliphatic heterocycles. The third-order valence-electron chi connectivity index (χ3n) is 5.75. The van der Waals surface area contributed by atoms with Crippen molar-refractivity contribution < 1.29 is 23.9 Å². The number of carbonyl (C=O) groups excluding carboxylic acids is 3. The molecule has 0 unspecified atom stereocenters. The summed E-state index contributed by atoms with van der Waals surface area (Å²) in [6.45, 7) is 4.01. The first-order valence-corrected chi connectivity index (χ1v) is 10.4. The van der Waals surface area contributed by atoms with Crippen molar-refractivity contribution in [3.8, 4) is 17.2 Å². The molecule has 1 saturated heterocycles. The highest BCUT2D eigenvalue weighted by molar-refractivity contribution is 6.31. The molecule has 1 aromatic heterocycles. The summed E-state index contributed by atoms with van der Waals surface area (Å²) in [5, 5.41) is 2.27. The number of hydrogen-bond donors (Lipinski definition) is 1. The zero-order valence-electron chi connectivity index (χ0n) is 18.1. The first-order valence-electron chi connectivity index (χ1n) is 10.4. The summed E-state index contributed by atoms with van der Waals surface area (Å²) >= 11 is 0. The van der Waals surface area contributed by atoms with Crippen molar-refractivity contribution >= 4 is 23.9 Å². The van der Waals surface area contributed by atoms with Gasteiger partial charge >= 0.3 is 6.03 Å². The zero-order valence-corrected chi connectivity index (χ0v) is 18.1. The molecule has 1 N–H and O–H groups in total. The Morgan fingerprint density at radius 3 is 2.52 bits per heavy atom. The number of barbiturate groups is 1. The van der Waals surface area contributed by atoms with Crippen molar-refractivity contribution in [2.24, 2.45) is 0 Å². The molecule has 8 nitrogen and oxygen atoms in total. The van der Waals surface area contributed by atoms with Gasteiger partial charge in [0.15, 0.2) is 11.5 Å². The summed E-state index contributed by atoms with van der Waals surface area (Å²) in [4.78, 5) is 39.2. The maximum Gasteiger partial charge on any atom is 0.331 e. The van der Waals surface area contributed by atoms with Gasteiger partial charge in [0.1, 0.15) is 5.57 Å². The quantitative estimate of drug-likeness (QED) is 0.493. The predicted molar refractivity (Wildman–Crippen MR) is 120 cm³/mol. The monoisotopic (exact) mass is 443 g/mol. The number of urea groups is 1. The minimum Gasteiger partial charge on any atom is -0.454 e. The van der Waals surface area contributed by atoms with E-state index >= 15 is 0 Å². The van der Waals surface area contributed by atoms with Crippen LogP contribution in [0.3, 0.4) is 0 Å². The molecule has 3 aromatic rings. The highest BCUT2D eigenvalue weighted by Crippen LogP contribution is 2.33. The molecule has 2 aromatic carbocycles. The molecule has 1 fully saturated rings. The van der Waals surface area contributed by atoms with Crippen LogP contribution in [0.5, 0.6) is 11.5 Å². The van der Waals surface area contributed by atoms with Gasteiger partial charge in [-0.3, -0.25) is 19.8 Å². The number of hydrogen-bond acceptors (Lipinski definition) is 5. The van der Waals surface area contributed by atoms with Crippen LogP contribution in [0.2, 0.25) is 0 Å². The highest BCUT2D eigenvalue weighted by Gasteiger charge is 2.36. The van der Waals surface area contributed by atoms with Crippen LogP contribution in [0.4, 0.5) is 4.79 Å². The summed E-state index contributed by atoms with van der Waals surface area (Å²) in [6, 6.07) is 16.2. The molecule has 0 aliphatic carbocycles. The second kappa shape index (κ2) is 7.98. The molecule has 0 bridgehead atoms. The lowest BCUT2D eigenvalue weighted by Crippen LogP contribution is -2.53. The van der Waals surface area contributed by atoms with E-state index in [-0.39, 0.29) is 18.9 Å². The van der Waals surface area contributed by atoms with Crippen LogP contribution in [-0.2, 0) is 16.1 Å². The molecule has 4 amide bonds. The van der Waals surface area contributed by atoms with Crippen molar-refractivity contribution in [1.82, 2.24) is 14.8 Å². The zero-order chi connectivity index (χ0) is 23.1. The molecule has 0 atom stereocenters. The second-order valence-corrected chi connectivity index (χ2v) is 7.89. The van der Waals surface area contributed by atoms with E-state index in [0.717, 1.165) is 27.5 Å². The van der Waals surface area contributed by atoms with Gasteiger partial charge in [0.05, 0.1) is 6.54 Å². The van der Waals surface area contributed by atoms with Crippen molar-refractivity contribution in [1.29, 1.82) is 0 Å². The third kappa shape index (κ3) is 3.65. The fraction of sp³-hybridized carbons (Fsp3) is 0.160. The Hall–Kier alpha value is -4.33. The number of aromatic nitrogens is 1. The van der Waals surface area contributed by atoms with Crippen LogP contribution in [0.15, 0.2) is 60.2 Å². The first-order chi connectivity index (χ1) is 15.9. The fourth-order valence-electron chi connectivity index (χ4n) is 4.12. The van der Waals surface area contributed by atoms with Gasteiger partial charge in [0.2, 0.25) is 6.79 Å². The maximum absolute atomic E-state index is 13.2. The van der Waals surface area contributed by atoms with Gasteiger partial charge in [-0.1, -0.05) is 24.3 Å². The first kappa shape index (κ1) is 20.6. The Labute approximate surface area is 190 Å².